The number of ether oxygens (including phenoxy) is 4. The standard InChI is InChI=1S/C22H29NO5/c1-16(17-9-6-5-7-10-17)28-14-8-13-23-20(24)15-18-11-12-19(25-2)22(27-4)21(18)26-3/h5-7,9-12,16H,8,13-15H2,1-4H3,(H,23,24). The fourth-order valence-electron chi connectivity index (χ4n) is 2.92. The molecule has 0 aliphatic carbocycles. The molecule has 0 bridgehead atoms. The molecule has 6 heteroatoms. The lowest BCUT2D eigenvalue weighted by molar-refractivity contribution is -0.120. The first-order valence-electron chi connectivity index (χ1n) is 9.31. The van der Waals surface area contributed by atoms with Crippen LogP contribution in [0.5, 0.6) is 17.2 Å². The first-order chi connectivity index (χ1) is 13.6. The molecule has 6 nitrogen and oxygen atoms in total. The Morgan fingerprint density at radius 2 is 1.68 bits per heavy atom. The summed E-state index contributed by atoms with van der Waals surface area (Å²) >= 11 is 0. The SMILES string of the molecule is COc1ccc(CC(=O)NCCCOC(C)c2ccccc2)c(OC)c1OC. The highest BCUT2D eigenvalue weighted by atomic mass is 16.5. The molecule has 1 atom stereocenters. The topological polar surface area (TPSA) is 66.0 Å². The fourth-order valence-corrected chi connectivity index (χ4v) is 2.92. The van der Waals surface area contributed by atoms with E-state index in [1.54, 1.807) is 27.4 Å². The molecule has 0 aromatic heterocycles. The van der Waals surface area contributed by atoms with Crippen molar-refractivity contribution in [2.24, 2.45) is 0 Å². The predicted molar refractivity (Wildman–Crippen MR) is 108 cm³/mol. The van der Waals surface area contributed by atoms with Gasteiger partial charge in [0.15, 0.2) is 11.5 Å². The van der Waals surface area contributed by atoms with Crippen LogP contribution in [0.1, 0.15) is 30.6 Å². The predicted octanol–water partition coefficient (Wildman–Crippen LogP) is 3.54. The number of methoxy groups -OCH3 is 3. The number of nitrogens with one attached hydrogen (secondary N) is 1. The van der Waals surface area contributed by atoms with Crippen molar-refractivity contribution in [2.75, 3.05) is 34.5 Å². The van der Waals surface area contributed by atoms with E-state index in [4.69, 9.17) is 18.9 Å². The summed E-state index contributed by atoms with van der Waals surface area (Å²) in [7, 11) is 4.65. The molecule has 0 radical (unpaired) electrons. The maximum atomic E-state index is 12.3. The normalized spacial score (nSPS) is 11.6. The van der Waals surface area contributed by atoms with Gasteiger partial charge in [-0.1, -0.05) is 36.4 Å². The van der Waals surface area contributed by atoms with Crippen LogP contribution in [-0.2, 0) is 16.0 Å². The smallest absolute Gasteiger partial charge is 0.224 e. The van der Waals surface area contributed by atoms with Gasteiger partial charge in [0.1, 0.15) is 0 Å². The summed E-state index contributed by atoms with van der Waals surface area (Å²) < 4.78 is 21.9. The highest BCUT2D eigenvalue weighted by Crippen LogP contribution is 2.39. The van der Waals surface area contributed by atoms with E-state index in [2.05, 4.69) is 5.32 Å². The number of carbonyl (C=O) groups is 1. The Balaban J connectivity index is 1.78. The minimum Gasteiger partial charge on any atom is -0.493 e. The first kappa shape index (κ1) is 21.6. The molecule has 0 aliphatic rings. The zero-order valence-corrected chi connectivity index (χ0v) is 17.0. The van der Waals surface area contributed by atoms with Crippen molar-refractivity contribution in [1.29, 1.82) is 0 Å². The van der Waals surface area contributed by atoms with Gasteiger partial charge >= 0.3 is 0 Å². The van der Waals surface area contributed by atoms with E-state index >= 15 is 0 Å². The number of hydrogen-bond acceptors (Lipinski definition) is 5. The van der Waals surface area contributed by atoms with Crippen LogP contribution in [0.4, 0.5) is 0 Å². The molecule has 0 fully saturated rings. The molecular weight excluding hydrogens is 358 g/mol. The van der Waals surface area contributed by atoms with Gasteiger partial charge in [-0.25, -0.2) is 0 Å². The highest BCUT2D eigenvalue weighted by molar-refractivity contribution is 5.80. The number of amides is 1. The minimum absolute atomic E-state index is 0.0351. The Morgan fingerprint density at radius 1 is 0.964 bits per heavy atom. The van der Waals surface area contributed by atoms with Crippen LogP contribution >= 0.6 is 0 Å². The second-order valence-electron chi connectivity index (χ2n) is 6.30. The van der Waals surface area contributed by atoms with Gasteiger partial charge in [0, 0.05) is 18.7 Å². The number of carbonyl (C=O) groups excluding carboxylic acids is 1. The molecular formula is C22H29NO5. The molecule has 1 amide bonds. The Morgan fingerprint density at radius 3 is 2.32 bits per heavy atom. The molecule has 0 saturated carbocycles. The number of benzene rings is 2. The molecule has 0 spiro atoms. The van der Waals surface area contributed by atoms with Gasteiger partial charge in [0.05, 0.1) is 33.9 Å². The van der Waals surface area contributed by atoms with Crippen molar-refractivity contribution in [3.63, 3.8) is 0 Å². The van der Waals surface area contributed by atoms with Gasteiger partial charge in [-0.15, -0.1) is 0 Å². The van der Waals surface area contributed by atoms with E-state index in [-0.39, 0.29) is 18.4 Å². The Bertz CT molecular complexity index is 748. The van der Waals surface area contributed by atoms with Crippen molar-refractivity contribution in [3.05, 3.63) is 53.6 Å². The van der Waals surface area contributed by atoms with Crippen LogP contribution in [0, 0.1) is 0 Å². The van der Waals surface area contributed by atoms with Gasteiger partial charge < -0.3 is 24.3 Å². The molecule has 0 aliphatic heterocycles. The van der Waals surface area contributed by atoms with Crippen molar-refractivity contribution in [1.82, 2.24) is 5.32 Å². The minimum atomic E-state index is -0.0818. The average Bonchev–Trinajstić information content (AvgIpc) is 2.73. The van der Waals surface area contributed by atoms with Crippen molar-refractivity contribution < 1.29 is 23.7 Å². The van der Waals surface area contributed by atoms with Crippen LogP contribution < -0.4 is 19.5 Å². The summed E-state index contributed by atoms with van der Waals surface area (Å²) in [5.74, 6) is 1.48. The number of rotatable bonds is 11. The van der Waals surface area contributed by atoms with Crippen LogP contribution in [0.25, 0.3) is 0 Å². The van der Waals surface area contributed by atoms with Crippen LogP contribution in [0.3, 0.4) is 0 Å². The number of hydrogen-bond donors (Lipinski definition) is 1. The van der Waals surface area contributed by atoms with Gasteiger partial charge in [-0.2, -0.15) is 0 Å². The Kier molecular flexibility index (Phi) is 8.62. The third-order valence-electron chi connectivity index (χ3n) is 4.42. The first-order valence-corrected chi connectivity index (χ1v) is 9.31. The average molecular weight is 387 g/mol. The van der Waals surface area contributed by atoms with Gasteiger partial charge in [0.25, 0.3) is 0 Å². The van der Waals surface area contributed by atoms with Gasteiger partial charge in [-0.3, -0.25) is 4.79 Å². The molecule has 0 saturated heterocycles. The van der Waals surface area contributed by atoms with Crippen LogP contribution in [-0.4, -0.2) is 40.4 Å². The maximum Gasteiger partial charge on any atom is 0.224 e. The quantitative estimate of drug-likeness (QED) is 0.598. The van der Waals surface area contributed by atoms with E-state index in [0.29, 0.717) is 30.4 Å². The van der Waals surface area contributed by atoms with Gasteiger partial charge in [-0.05, 0) is 25.0 Å². The lowest BCUT2D eigenvalue weighted by Crippen LogP contribution is -2.27. The third-order valence-corrected chi connectivity index (χ3v) is 4.42. The monoisotopic (exact) mass is 387 g/mol. The summed E-state index contributed by atoms with van der Waals surface area (Å²) in [6, 6.07) is 13.6. The molecule has 1 unspecified atom stereocenters. The van der Waals surface area contributed by atoms with Crippen molar-refractivity contribution in [3.8, 4) is 17.2 Å². The summed E-state index contributed by atoms with van der Waals surface area (Å²) in [5, 5.41) is 2.92. The van der Waals surface area contributed by atoms with E-state index in [1.807, 2.05) is 43.3 Å². The lowest BCUT2D eigenvalue weighted by Gasteiger charge is -2.16. The Hall–Kier alpha value is -2.73. The third kappa shape index (κ3) is 5.89. The van der Waals surface area contributed by atoms with Crippen LogP contribution in [0.2, 0.25) is 0 Å². The zero-order chi connectivity index (χ0) is 20.4. The summed E-state index contributed by atoms with van der Waals surface area (Å²) in [6.45, 7) is 3.16. The second-order valence-corrected chi connectivity index (χ2v) is 6.30. The van der Waals surface area contributed by atoms with Crippen molar-refractivity contribution >= 4 is 5.91 Å². The van der Waals surface area contributed by atoms with Gasteiger partial charge in [0.2, 0.25) is 11.7 Å². The second kappa shape index (κ2) is 11.2. The Labute approximate surface area is 166 Å². The molecule has 0 heterocycles. The van der Waals surface area contributed by atoms with E-state index in [1.165, 1.54) is 0 Å². The lowest BCUT2D eigenvalue weighted by atomic mass is 10.1. The highest BCUT2D eigenvalue weighted by Gasteiger charge is 2.17. The summed E-state index contributed by atoms with van der Waals surface area (Å²) in [5.41, 5.74) is 1.89. The van der Waals surface area contributed by atoms with E-state index in [9.17, 15) is 4.79 Å². The molecule has 28 heavy (non-hydrogen) atoms. The molecule has 2 rings (SSSR count). The summed E-state index contributed by atoms with van der Waals surface area (Å²) in [4.78, 5) is 12.3. The zero-order valence-electron chi connectivity index (χ0n) is 17.0. The molecule has 2 aromatic rings. The summed E-state index contributed by atoms with van der Waals surface area (Å²) in [6.07, 6.45) is 0.976. The molecule has 2 aromatic carbocycles. The maximum absolute atomic E-state index is 12.3. The molecule has 152 valence electrons. The van der Waals surface area contributed by atoms with Crippen molar-refractivity contribution in [2.45, 2.75) is 25.9 Å². The van der Waals surface area contributed by atoms with E-state index < -0.39 is 0 Å². The molecule has 1 N–H and O–H groups in total. The van der Waals surface area contributed by atoms with Crippen LogP contribution in [0.15, 0.2) is 42.5 Å². The largest absolute Gasteiger partial charge is 0.493 e. The fraction of sp³-hybridized carbons (Fsp3) is 0.409. The van der Waals surface area contributed by atoms with E-state index in [0.717, 1.165) is 17.5 Å².